The minimum Gasteiger partial charge on any atom is -0.327 e. The Hall–Kier alpha value is -1.10. The van der Waals surface area contributed by atoms with E-state index in [0.29, 0.717) is 12.8 Å². The van der Waals surface area contributed by atoms with Crippen molar-refractivity contribution >= 4 is 0 Å². The lowest BCUT2D eigenvalue weighted by Crippen LogP contribution is -2.34. The van der Waals surface area contributed by atoms with Gasteiger partial charge in [-0.2, -0.15) is 13.2 Å². The van der Waals surface area contributed by atoms with Crippen molar-refractivity contribution in [3.63, 3.8) is 0 Å². The van der Waals surface area contributed by atoms with Crippen LogP contribution < -0.4 is 5.73 Å². The van der Waals surface area contributed by atoms with Gasteiger partial charge in [-0.1, -0.05) is 0 Å². The fourth-order valence-corrected chi connectivity index (χ4v) is 2.07. The van der Waals surface area contributed by atoms with Gasteiger partial charge in [0.2, 0.25) is 0 Å². The molecule has 88 valence electrons. The molecule has 0 radical (unpaired) electrons. The molecule has 0 aliphatic heterocycles. The zero-order chi connectivity index (χ0) is 12.0. The number of rotatable bonds is 2. The van der Waals surface area contributed by atoms with Crippen molar-refractivity contribution in [2.24, 2.45) is 5.73 Å². The molecule has 1 aromatic heterocycles. The Kier molecular flexibility index (Phi) is 2.45. The summed E-state index contributed by atoms with van der Waals surface area (Å²) in [4.78, 5) is 3.90. The van der Waals surface area contributed by atoms with Crippen LogP contribution in [-0.2, 0) is 11.6 Å². The molecule has 0 spiro atoms. The van der Waals surface area contributed by atoms with E-state index < -0.39 is 17.2 Å². The van der Waals surface area contributed by atoms with Crippen LogP contribution in [0.15, 0.2) is 18.3 Å². The van der Waals surface area contributed by atoms with Crippen LogP contribution in [0.4, 0.5) is 13.2 Å². The van der Waals surface area contributed by atoms with Crippen molar-refractivity contribution in [3.8, 4) is 0 Å². The fraction of sp³-hybridized carbons (Fsp3) is 0.545. The second-order valence-electron chi connectivity index (χ2n) is 4.34. The maximum absolute atomic E-state index is 12.8. The highest BCUT2D eigenvalue weighted by Gasteiger charge is 2.52. The number of hydrogen-bond donors (Lipinski definition) is 1. The summed E-state index contributed by atoms with van der Waals surface area (Å²) in [5, 5.41) is 0. The van der Waals surface area contributed by atoms with Gasteiger partial charge in [0.1, 0.15) is 0 Å². The summed E-state index contributed by atoms with van der Waals surface area (Å²) in [6.07, 6.45) is -1.59. The lowest BCUT2D eigenvalue weighted by molar-refractivity contribution is -0.138. The van der Waals surface area contributed by atoms with Gasteiger partial charge in [-0.05, 0) is 31.9 Å². The van der Waals surface area contributed by atoms with Crippen molar-refractivity contribution in [1.82, 2.24) is 4.98 Å². The lowest BCUT2D eigenvalue weighted by Gasteiger charge is -2.22. The molecule has 1 heterocycles. The zero-order valence-electron chi connectivity index (χ0n) is 8.88. The molecular formula is C11H13F3N2. The summed E-state index contributed by atoms with van der Waals surface area (Å²) in [6.45, 7) is 1.74. The summed E-state index contributed by atoms with van der Waals surface area (Å²) in [5.74, 6) is 0. The second-order valence-corrected chi connectivity index (χ2v) is 4.34. The third-order valence-electron chi connectivity index (χ3n) is 3.25. The lowest BCUT2D eigenvalue weighted by atomic mass is 9.90. The quantitative estimate of drug-likeness (QED) is 0.847. The molecular weight excluding hydrogens is 217 g/mol. The molecule has 16 heavy (non-hydrogen) atoms. The molecule has 1 atom stereocenters. The van der Waals surface area contributed by atoms with E-state index in [-0.39, 0.29) is 11.7 Å². The van der Waals surface area contributed by atoms with Crippen LogP contribution in [0, 0.1) is 0 Å². The number of aromatic nitrogens is 1. The van der Waals surface area contributed by atoms with Gasteiger partial charge in [0, 0.05) is 17.7 Å². The molecule has 1 fully saturated rings. The van der Waals surface area contributed by atoms with E-state index in [1.54, 1.807) is 6.92 Å². The van der Waals surface area contributed by atoms with E-state index in [0.717, 1.165) is 6.07 Å². The van der Waals surface area contributed by atoms with Crippen LogP contribution in [-0.4, -0.2) is 11.0 Å². The number of alkyl halides is 3. The van der Waals surface area contributed by atoms with E-state index >= 15 is 0 Å². The Bertz CT molecular complexity index is 394. The standard InChI is InChI=1S/C11H13F3N2/c1-7(15)10(4-5-10)9-8(11(12,13)14)3-2-6-16-9/h2-3,6-7H,4-5,15H2,1H3. The molecule has 0 saturated heterocycles. The highest BCUT2D eigenvalue weighted by Crippen LogP contribution is 2.52. The highest BCUT2D eigenvalue weighted by atomic mass is 19.4. The molecule has 1 saturated carbocycles. The highest BCUT2D eigenvalue weighted by molar-refractivity contribution is 5.36. The molecule has 1 aliphatic rings. The monoisotopic (exact) mass is 230 g/mol. The number of pyridine rings is 1. The van der Waals surface area contributed by atoms with Gasteiger partial charge >= 0.3 is 6.18 Å². The number of hydrogen-bond acceptors (Lipinski definition) is 2. The van der Waals surface area contributed by atoms with E-state index in [1.165, 1.54) is 12.3 Å². The Morgan fingerprint density at radius 3 is 2.50 bits per heavy atom. The Balaban J connectivity index is 2.50. The predicted molar refractivity (Wildman–Crippen MR) is 53.8 cm³/mol. The third kappa shape index (κ3) is 1.69. The van der Waals surface area contributed by atoms with Crippen molar-refractivity contribution < 1.29 is 13.2 Å². The first kappa shape index (κ1) is 11.4. The zero-order valence-corrected chi connectivity index (χ0v) is 8.88. The van der Waals surface area contributed by atoms with Crippen LogP contribution in [0.1, 0.15) is 31.0 Å². The van der Waals surface area contributed by atoms with E-state index in [4.69, 9.17) is 5.73 Å². The summed E-state index contributed by atoms with van der Waals surface area (Å²) in [5.41, 5.74) is 4.67. The van der Waals surface area contributed by atoms with Crippen LogP contribution in [0.2, 0.25) is 0 Å². The maximum atomic E-state index is 12.8. The minimum atomic E-state index is -4.35. The molecule has 2 nitrogen and oxygen atoms in total. The van der Waals surface area contributed by atoms with Crippen molar-refractivity contribution in [3.05, 3.63) is 29.6 Å². The molecule has 5 heteroatoms. The second kappa shape index (κ2) is 3.45. The first-order chi connectivity index (χ1) is 7.38. The Morgan fingerprint density at radius 2 is 2.06 bits per heavy atom. The van der Waals surface area contributed by atoms with Gasteiger partial charge in [0.25, 0.3) is 0 Å². The maximum Gasteiger partial charge on any atom is 0.418 e. The smallest absolute Gasteiger partial charge is 0.327 e. The molecule has 0 amide bonds. The molecule has 0 bridgehead atoms. The number of nitrogens with zero attached hydrogens (tertiary/aromatic N) is 1. The van der Waals surface area contributed by atoms with Crippen molar-refractivity contribution in [2.45, 2.75) is 37.4 Å². The Morgan fingerprint density at radius 1 is 1.44 bits per heavy atom. The van der Waals surface area contributed by atoms with E-state index in [1.807, 2.05) is 0 Å². The normalized spacial score (nSPS) is 20.6. The van der Waals surface area contributed by atoms with Crippen molar-refractivity contribution in [1.29, 1.82) is 0 Å². The van der Waals surface area contributed by atoms with Gasteiger partial charge in [0.05, 0.1) is 11.3 Å². The Labute approximate surface area is 91.7 Å². The SMILES string of the molecule is CC(N)C1(c2ncccc2C(F)(F)F)CC1. The number of halogens is 3. The van der Waals surface area contributed by atoms with Gasteiger partial charge in [-0.25, -0.2) is 0 Å². The van der Waals surface area contributed by atoms with E-state index in [2.05, 4.69) is 4.98 Å². The van der Waals surface area contributed by atoms with E-state index in [9.17, 15) is 13.2 Å². The summed E-state index contributed by atoms with van der Waals surface area (Å²) >= 11 is 0. The molecule has 0 aromatic carbocycles. The number of nitrogens with two attached hydrogens (primary N) is 1. The summed E-state index contributed by atoms with van der Waals surface area (Å²) < 4.78 is 38.4. The predicted octanol–water partition coefficient (Wildman–Crippen LogP) is 2.48. The van der Waals surface area contributed by atoms with Gasteiger partial charge in [-0.3, -0.25) is 4.98 Å². The molecule has 1 unspecified atom stereocenters. The largest absolute Gasteiger partial charge is 0.418 e. The van der Waals surface area contributed by atoms with Crippen LogP contribution in [0.25, 0.3) is 0 Å². The average molecular weight is 230 g/mol. The first-order valence-electron chi connectivity index (χ1n) is 5.16. The average Bonchev–Trinajstić information content (AvgIpc) is 2.97. The van der Waals surface area contributed by atoms with Crippen LogP contribution in [0.5, 0.6) is 0 Å². The summed E-state index contributed by atoms with van der Waals surface area (Å²) in [6, 6.07) is 2.08. The van der Waals surface area contributed by atoms with Gasteiger partial charge < -0.3 is 5.73 Å². The first-order valence-corrected chi connectivity index (χ1v) is 5.16. The molecule has 2 rings (SSSR count). The molecule has 1 aliphatic carbocycles. The van der Waals surface area contributed by atoms with Crippen molar-refractivity contribution in [2.75, 3.05) is 0 Å². The topological polar surface area (TPSA) is 38.9 Å². The molecule has 1 aromatic rings. The van der Waals surface area contributed by atoms with Gasteiger partial charge in [0.15, 0.2) is 0 Å². The van der Waals surface area contributed by atoms with Crippen LogP contribution in [0.3, 0.4) is 0 Å². The summed E-state index contributed by atoms with van der Waals surface area (Å²) in [7, 11) is 0. The minimum absolute atomic E-state index is 0.109. The van der Waals surface area contributed by atoms with Gasteiger partial charge in [-0.15, -0.1) is 0 Å². The van der Waals surface area contributed by atoms with Crippen LogP contribution >= 0.6 is 0 Å². The third-order valence-corrected chi connectivity index (χ3v) is 3.25. The molecule has 2 N–H and O–H groups in total. The fourth-order valence-electron chi connectivity index (χ4n) is 2.07.